The number of anilines is 1. The van der Waals surface area contributed by atoms with Gasteiger partial charge in [-0.15, -0.1) is 0 Å². The van der Waals surface area contributed by atoms with E-state index < -0.39 is 0 Å². The van der Waals surface area contributed by atoms with E-state index in [1.54, 1.807) is 0 Å². The molecule has 1 fully saturated rings. The molecule has 6 nitrogen and oxygen atoms in total. The molecular weight excluding hydrogens is 286 g/mol. The molecule has 0 bridgehead atoms. The first-order valence-corrected chi connectivity index (χ1v) is 7.90. The lowest BCUT2D eigenvalue weighted by Gasteiger charge is -2.31. The number of amides is 1. The van der Waals surface area contributed by atoms with Crippen LogP contribution in [-0.4, -0.2) is 52.3 Å². The molecule has 1 aromatic carbocycles. The van der Waals surface area contributed by atoms with E-state index in [0.717, 1.165) is 48.0 Å². The van der Waals surface area contributed by atoms with E-state index in [1.165, 1.54) is 6.42 Å². The van der Waals surface area contributed by atoms with Crippen LogP contribution >= 0.6 is 11.7 Å². The van der Waals surface area contributed by atoms with Crippen molar-refractivity contribution in [1.82, 2.24) is 19.0 Å². The largest absolute Gasteiger partial charge is 0.323 e. The number of fused-ring (bicyclic) bond motifs is 1. The quantitative estimate of drug-likeness (QED) is 0.891. The van der Waals surface area contributed by atoms with Gasteiger partial charge in [-0.2, -0.15) is 8.75 Å². The standard InChI is InChI=1S/C14H19N5OS/c1-15-10-4-3-7-19(8-10)9-13(20)16-11-5-2-6-12-14(11)18-21-17-12/h2,5-6,10,15H,3-4,7-9H2,1H3,(H,16,20). The minimum absolute atomic E-state index is 0.00672. The predicted molar refractivity (Wildman–Crippen MR) is 84.6 cm³/mol. The summed E-state index contributed by atoms with van der Waals surface area (Å²) in [6, 6.07) is 6.14. The van der Waals surface area contributed by atoms with E-state index >= 15 is 0 Å². The van der Waals surface area contributed by atoms with Crippen LogP contribution in [0.1, 0.15) is 12.8 Å². The summed E-state index contributed by atoms with van der Waals surface area (Å²) in [5, 5.41) is 6.24. The van der Waals surface area contributed by atoms with E-state index in [2.05, 4.69) is 24.3 Å². The van der Waals surface area contributed by atoms with Crippen LogP contribution in [0.15, 0.2) is 18.2 Å². The maximum Gasteiger partial charge on any atom is 0.238 e. The third-order valence-electron chi connectivity index (χ3n) is 3.84. The molecule has 2 heterocycles. The van der Waals surface area contributed by atoms with Gasteiger partial charge >= 0.3 is 0 Å². The first kappa shape index (κ1) is 14.4. The van der Waals surface area contributed by atoms with Crippen molar-refractivity contribution in [2.24, 2.45) is 0 Å². The van der Waals surface area contributed by atoms with Crippen LogP contribution in [-0.2, 0) is 4.79 Å². The highest BCUT2D eigenvalue weighted by atomic mass is 32.1. The normalized spacial score (nSPS) is 19.8. The van der Waals surface area contributed by atoms with Crippen molar-refractivity contribution in [3.05, 3.63) is 18.2 Å². The first-order valence-electron chi connectivity index (χ1n) is 7.17. The Balaban J connectivity index is 1.62. The van der Waals surface area contributed by atoms with Crippen molar-refractivity contribution >= 4 is 34.4 Å². The lowest BCUT2D eigenvalue weighted by atomic mass is 10.1. The van der Waals surface area contributed by atoms with E-state index in [0.29, 0.717) is 12.6 Å². The number of nitrogens with zero attached hydrogens (tertiary/aromatic N) is 3. The zero-order chi connectivity index (χ0) is 14.7. The van der Waals surface area contributed by atoms with Gasteiger partial charge in [0.1, 0.15) is 11.0 Å². The fourth-order valence-electron chi connectivity index (χ4n) is 2.73. The van der Waals surface area contributed by atoms with E-state index in [1.807, 2.05) is 25.2 Å². The third-order valence-corrected chi connectivity index (χ3v) is 4.38. The van der Waals surface area contributed by atoms with Crippen LogP contribution in [0.3, 0.4) is 0 Å². The zero-order valence-corrected chi connectivity index (χ0v) is 12.8. The molecule has 1 amide bonds. The Morgan fingerprint density at radius 2 is 2.38 bits per heavy atom. The molecule has 7 heteroatoms. The predicted octanol–water partition coefficient (Wildman–Crippen LogP) is 1.31. The highest BCUT2D eigenvalue weighted by Gasteiger charge is 2.20. The lowest BCUT2D eigenvalue weighted by Crippen LogP contribution is -2.46. The molecule has 1 unspecified atom stereocenters. The van der Waals surface area contributed by atoms with Crippen molar-refractivity contribution in [2.75, 3.05) is 32.0 Å². The number of nitrogens with one attached hydrogen (secondary N) is 2. The van der Waals surface area contributed by atoms with E-state index in [9.17, 15) is 4.79 Å². The second-order valence-corrected chi connectivity index (χ2v) is 5.88. The van der Waals surface area contributed by atoms with Gasteiger partial charge in [-0.1, -0.05) is 6.07 Å². The summed E-state index contributed by atoms with van der Waals surface area (Å²) in [5.41, 5.74) is 2.34. The second kappa shape index (κ2) is 6.46. The van der Waals surface area contributed by atoms with Gasteiger partial charge in [0.15, 0.2) is 0 Å². The molecule has 1 aromatic heterocycles. The number of carbonyl (C=O) groups is 1. The van der Waals surface area contributed by atoms with Gasteiger partial charge in [-0.3, -0.25) is 9.69 Å². The van der Waals surface area contributed by atoms with Crippen LogP contribution in [0.5, 0.6) is 0 Å². The summed E-state index contributed by atoms with van der Waals surface area (Å²) < 4.78 is 8.42. The van der Waals surface area contributed by atoms with Crippen molar-refractivity contribution < 1.29 is 4.79 Å². The van der Waals surface area contributed by atoms with Crippen LogP contribution < -0.4 is 10.6 Å². The molecular formula is C14H19N5OS. The SMILES string of the molecule is CNC1CCCN(CC(=O)Nc2cccc3nsnc23)C1. The van der Waals surface area contributed by atoms with Gasteiger partial charge in [-0.05, 0) is 38.6 Å². The van der Waals surface area contributed by atoms with Gasteiger partial charge in [0.2, 0.25) is 5.91 Å². The summed E-state index contributed by atoms with van der Waals surface area (Å²) in [7, 11) is 1.98. The molecule has 0 radical (unpaired) electrons. The average molecular weight is 305 g/mol. The molecule has 1 atom stereocenters. The van der Waals surface area contributed by atoms with Crippen LogP contribution in [0.25, 0.3) is 11.0 Å². The summed E-state index contributed by atoms with van der Waals surface area (Å²) in [4.78, 5) is 14.4. The number of hydrogen-bond donors (Lipinski definition) is 2. The molecule has 1 saturated heterocycles. The lowest BCUT2D eigenvalue weighted by molar-refractivity contribution is -0.117. The molecule has 1 aliphatic rings. The average Bonchev–Trinajstić information content (AvgIpc) is 2.97. The Kier molecular flexibility index (Phi) is 4.42. The molecule has 3 rings (SSSR count). The van der Waals surface area contributed by atoms with Crippen molar-refractivity contribution in [1.29, 1.82) is 0 Å². The van der Waals surface area contributed by atoms with Gasteiger partial charge in [0.05, 0.1) is 24.0 Å². The first-order chi connectivity index (χ1) is 10.3. The highest BCUT2D eigenvalue weighted by Crippen LogP contribution is 2.21. The molecule has 0 saturated carbocycles. The molecule has 112 valence electrons. The fourth-order valence-corrected chi connectivity index (χ4v) is 3.28. The van der Waals surface area contributed by atoms with Gasteiger partial charge in [0, 0.05) is 12.6 Å². The van der Waals surface area contributed by atoms with Gasteiger partial charge < -0.3 is 10.6 Å². The minimum atomic E-state index is 0.00672. The number of hydrogen-bond acceptors (Lipinski definition) is 6. The molecule has 1 aliphatic heterocycles. The maximum atomic E-state index is 12.2. The third kappa shape index (κ3) is 3.37. The van der Waals surface area contributed by atoms with Crippen LogP contribution in [0.2, 0.25) is 0 Å². The number of likely N-dealkylation sites (tertiary alicyclic amines) is 1. The number of carbonyl (C=O) groups excluding carboxylic acids is 1. The Hall–Kier alpha value is -1.57. The number of aromatic nitrogens is 2. The molecule has 2 aromatic rings. The fraction of sp³-hybridized carbons (Fsp3) is 0.500. The molecule has 0 spiro atoms. The number of likely N-dealkylation sites (N-methyl/N-ethyl adjacent to an activating group) is 1. The van der Waals surface area contributed by atoms with Gasteiger partial charge in [0.25, 0.3) is 0 Å². The van der Waals surface area contributed by atoms with Crippen molar-refractivity contribution in [2.45, 2.75) is 18.9 Å². The van der Waals surface area contributed by atoms with Crippen LogP contribution in [0.4, 0.5) is 5.69 Å². The Bertz CT molecular complexity index is 629. The smallest absolute Gasteiger partial charge is 0.238 e. The summed E-state index contributed by atoms with van der Waals surface area (Å²) in [5.74, 6) is 0.00672. The Labute approximate surface area is 127 Å². The Morgan fingerprint density at radius 3 is 3.24 bits per heavy atom. The molecule has 21 heavy (non-hydrogen) atoms. The van der Waals surface area contributed by atoms with Crippen LogP contribution in [0, 0.1) is 0 Å². The zero-order valence-electron chi connectivity index (χ0n) is 12.0. The van der Waals surface area contributed by atoms with Crippen molar-refractivity contribution in [3.63, 3.8) is 0 Å². The van der Waals surface area contributed by atoms with Gasteiger partial charge in [-0.25, -0.2) is 0 Å². The summed E-state index contributed by atoms with van der Waals surface area (Å²) in [6.45, 7) is 2.33. The second-order valence-electron chi connectivity index (χ2n) is 5.35. The summed E-state index contributed by atoms with van der Waals surface area (Å²) in [6.07, 6.45) is 2.31. The van der Waals surface area contributed by atoms with E-state index in [4.69, 9.17) is 0 Å². The van der Waals surface area contributed by atoms with Crippen molar-refractivity contribution in [3.8, 4) is 0 Å². The highest BCUT2D eigenvalue weighted by molar-refractivity contribution is 7.00. The summed E-state index contributed by atoms with van der Waals surface area (Å²) >= 11 is 1.16. The monoisotopic (exact) mass is 305 g/mol. The molecule has 0 aliphatic carbocycles. The number of benzene rings is 1. The maximum absolute atomic E-state index is 12.2. The topological polar surface area (TPSA) is 70.2 Å². The number of piperidine rings is 1. The minimum Gasteiger partial charge on any atom is -0.323 e. The van der Waals surface area contributed by atoms with E-state index in [-0.39, 0.29) is 5.91 Å². The Morgan fingerprint density at radius 1 is 1.48 bits per heavy atom. The molecule has 2 N–H and O–H groups in total. The number of rotatable bonds is 4.